The zero-order valence-corrected chi connectivity index (χ0v) is 11.1. The Hall–Kier alpha value is -1.55. The normalized spacial score (nSPS) is 10.6. The molecular weight excluding hydrogens is 228 g/mol. The second-order valence-corrected chi connectivity index (χ2v) is 4.56. The minimum Gasteiger partial charge on any atom is -0.491 e. The predicted molar refractivity (Wildman–Crippen MR) is 72.3 cm³/mol. The highest BCUT2D eigenvalue weighted by Gasteiger charge is 1.98. The van der Waals surface area contributed by atoms with Gasteiger partial charge in [-0.3, -0.25) is 4.79 Å². The molecule has 3 N–H and O–H groups in total. The van der Waals surface area contributed by atoms with Crippen LogP contribution >= 0.6 is 0 Å². The molecule has 0 radical (unpaired) electrons. The lowest BCUT2D eigenvalue weighted by molar-refractivity contribution is -0.118. The molecule has 0 saturated carbocycles. The number of hydrogen-bond acceptors (Lipinski definition) is 3. The van der Waals surface area contributed by atoms with Crippen molar-refractivity contribution >= 4 is 5.91 Å². The molecule has 0 aliphatic carbocycles. The molecule has 1 aromatic rings. The fraction of sp³-hybridized carbons (Fsp3) is 0.500. The zero-order valence-electron chi connectivity index (χ0n) is 11.1. The van der Waals surface area contributed by atoms with Gasteiger partial charge in [0.2, 0.25) is 5.91 Å². The lowest BCUT2D eigenvalue weighted by Crippen LogP contribution is -2.18. The third-order valence-electron chi connectivity index (χ3n) is 2.40. The van der Waals surface area contributed by atoms with Crippen LogP contribution in [-0.2, 0) is 11.3 Å². The Labute approximate surface area is 109 Å². The third kappa shape index (κ3) is 6.25. The van der Waals surface area contributed by atoms with Crippen molar-refractivity contribution in [1.29, 1.82) is 0 Å². The number of amides is 1. The molecular formula is C14H22N2O2. The van der Waals surface area contributed by atoms with Crippen LogP contribution in [0.2, 0.25) is 0 Å². The first-order valence-electron chi connectivity index (χ1n) is 6.32. The number of benzene rings is 1. The molecule has 1 amide bonds. The van der Waals surface area contributed by atoms with Crippen molar-refractivity contribution in [3.63, 3.8) is 0 Å². The zero-order chi connectivity index (χ0) is 13.4. The Morgan fingerprint density at radius 1 is 1.33 bits per heavy atom. The molecule has 0 fully saturated rings. The summed E-state index contributed by atoms with van der Waals surface area (Å²) >= 11 is 0. The Morgan fingerprint density at radius 2 is 2.00 bits per heavy atom. The second kappa shape index (κ2) is 7.71. The van der Waals surface area contributed by atoms with Crippen LogP contribution in [0.25, 0.3) is 0 Å². The molecule has 0 unspecified atom stereocenters. The molecule has 4 nitrogen and oxygen atoms in total. The van der Waals surface area contributed by atoms with Crippen LogP contribution in [0.15, 0.2) is 24.3 Å². The van der Waals surface area contributed by atoms with Gasteiger partial charge >= 0.3 is 0 Å². The highest BCUT2D eigenvalue weighted by molar-refractivity contribution is 5.73. The number of nitrogens with one attached hydrogen (secondary N) is 1. The van der Waals surface area contributed by atoms with Crippen LogP contribution in [0.5, 0.6) is 5.75 Å². The van der Waals surface area contributed by atoms with E-state index in [0.29, 0.717) is 6.42 Å². The smallest absolute Gasteiger partial charge is 0.217 e. The number of rotatable bonds is 8. The van der Waals surface area contributed by atoms with Crippen molar-refractivity contribution in [2.24, 2.45) is 5.73 Å². The van der Waals surface area contributed by atoms with Gasteiger partial charge in [0.1, 0.15) is 5.75 Å². The lowest BCUT2D eigenvalue weighted by atomic mass is 10.2. The number of ether oxygens (including phenoxy) is 1. The largest absolute Gasteiger partial charge is 0.491 e. The fourth-order valence-corrected chi connectivity index (χ4v) is 1.58. The van der Waals surface area contributed by atoms with E-state index in [9.17, 15) is 4.79 Å². The first-order chi connectivity index (χ1) is 8.58. The fourth-order valence-electron chi connectivity index (χ4n) is 1.58. The molecule has 18 heavy (non-hydrogen) atoms. The lowest BCUT2D eigenvalue weighted by Gasteiger charge is -2.10. The highest BCUT2D eigenvalue weighted by Crippen LogP contribution is 2.13. The van der Waals surface area contributed by atoms with E-state index < -0.39 is 0 Å². The number of carbonyl (C=O) groups excluding carboxylic acids is 1. The van der Waals surface area contributed by atoms with Gasteiger partial charge in [-0.2, -0.15) is 0 Å². The minimum absolute atomic E-state index is 0.197. The average molecular weight is 250 g/mol. The van der Waals surface area contributed by atoms with Gasteiger partial charge in [0.15, 0.2) is 0 Å². The highest BCUT2D eigenvalue weighted by atomic mass is 16.5. The molecule has 4 heteroatoms. The van der Waals surface area contributed by atoms with Crippen molar-refractivity contribution in [2.75, 3.05) is 6.54 Å². The van der Waals surface area contributed by atoms with E-state index in [2.05, 4.69) is 5.32 Å². The molecule has 1 rings (SSSR count). The topological polar surface area (TPSA) is 64.3 Å². The summed E-state index contributed by atoms with van der Waals surface area (Å²) in [5.41, 5.74) is 6.26. The van der Waals surface area contributed by atoms with Gasteiger partial charge in [-0.15, -0.1) is 0 Å². The molecule has 0 bridgehead atoms. The minimum atomic E-state index is -0.244. The standard InChI is InChI=1S/C14H22N2O2/c1-11(2)18-13-7-5-12(6-8-13)10-16-9-3-4-14(15)17/h5-8,11,16H,3-4,9-10H2,1-2H3,(H2,15,17). The van der Waals surface area contributed by atoms with E-state index in [1.165, 1.54) is 5.56 Å². The summed E-state index contributed by atoms with van der Waals surface area (Å²) in [5.74, 6) is 0.648. The van der Waals surface area contributed by atoms with Gasteiger partial charge in [-0.05, 0) is 44.5 Å². The maximum Gasteiger partial charge on any atom is 0.217 e. The van der Waals surface area contributed by atoms with Gasteiger partial charge in [-0.25, -0.2) is 0 Å². The van der Waals surface area contributed by atoms with E-state index in [4.69, 9.17) is 10.5 Å². The van der Waals surface area contributed by atoms with Gasteiger partial charge < -0.3 is 15.8 Å². The Bertz CT molecular complexity index is 361. The average Bonchev–Trinajstić information content (AvgIpc) is 2.30. The van der Waals surface area contributed by atoms with Crippen molar-refractivity contribution < 1.29 is 9.53 Å². The Morgan fingerprint density at radius 3 is 2.56 bits per heavy atom. The van der Waals surface area contributed by atoms with Gasteiger partial charge in [0.05, 0.1) is 6.10 Å². The van der Waals surface area contributed by atoms with E-state index in [1.54, 1.807) is 0 Å². The quantitative estimate of drug-likeness (QED) is 0.692. The molecule has 0 aromatic heterocycles. The van der Waals surface area contributed by atoms with Crippen LogP contribution in [0.4, 0.5) is 0 Å². The molecule has 0 aliphatic rings. The van der Waals surface area contributed by atoms with Crippen LogP contribution in [0.1, 0.15) is 32.3 Å². The van der Waals surface area contributed by atoms with E-state index in [0.717, 1.165) is 25.3 Å². The van der Waals surface area contributed by atoms with Crippen LogP contribution < -0.4 is 15.8 Å². The van der Waals surface area contributed by atoms with E-state index >= 15 is 0 Å². The van der Waals surface area contributed by atoms with E-state index in [-0.39, 0.29) is 12.0 Å². The molecule has 0 spiro atoms. The molecule has 0 aliphatic heterocycles. The Kier molecular flexibility index (Phi) is 6.22. The first-order valence-corrected chi connectivity index (χ1v) is 6.32. The number of nitrogens with two attached hydrogens (primary N) is 1. The SMILES string of the molecule is CC(C)Oc1ccc(CNCCCC(N)=O)cc1. The second-order valence-electron chi connectivity index (χ2n) is 4.56. The van der Waals surface area contributed by atoms with Crippen LogP contribution in [-0.4, -0.2) is 18.6 Å². The molecule has 0 saturated heterocycles. The summed E-state index contributed by atoms with van der Waals surface area (Å²) in [6, 6.07) is 8.03. The van der Waals surface area contributed by atoms with Crippen LogP contribution in [0.3, 0.4) is 0 Å². The van der Waals surface area contributed by atoms with Crippen molar-refractivity contribution in [3.8, 4) is 5.75 Å². The monoisotopic (exact) mass is 250 g/mol. The maximum atomic E-state index is 10.5. The number of primary amides is 1. The molecule has 1 aromatic carbocycles. The number of hydrogen-bond donors (Lipinski definition) is 2. The van der Waals surface area contributed by atoms with E-state index in [1.807, 2.05) is 38.1 Å². The van der Waals surface area contributed by atoms with Gasteiger partial charge in [0, 0.05) is 13.0 Å². The summed E-state index contributed by atoms with van der Waals surface area (Å²) < 4.78 is 5.57. The summed E-state index contributed by atoms with van der Waals surface area (Å²) in [6.07, 6.45) is 1.42. The van der Waals surface area contributed by atoms with Crippen LogP contribution in [0, 0.1) is 0 Å². The molecule has 0 heterocycles. The summed E-state index contributed by atoms with van der Waals surface area (Å²) in [4.78, 5) is 10.5. The third-order valence-corrected chi connectivity index (χ3v) is 2.40. The summed E-state index contributed by atoms with van der Waals surface area (Å²) in [7, 11) is 0. The van der Waals surface area contributed by atoms with Gasteiger partial charge in [-0.1, -0.05) is 12.1 Å². The maximum absolute atomic E-state index is 10.5. The number of carbonyl (C=O) groups is 1. The van der Waals surface area contributed by atoms with Crippen molar-refractivity contribution in [2.45, 2.75) is 39.3 Å². The van der Waals surface area contributed by atoms with Crippen molar-refractivity contribution in [3.05, 3.63) is 29.8 Å². The predicted octanol–water partition coefficient (Wildman–Crippen LogP) is 1.83. The summed E-state index contributed by atoms with van der Waals surface area (Å²) in [5, 5.41) is 3.27. The first kappa shape index (κ1) is 14.5. The Balaban J connectivity index is 2.24. The van der Waals surface area contributed by atoms with Gasteiger partial charge in [0.25, 0.3) is 0 Å². The summed E-state index contributed by atoms with van der Waals surface area (Å²) in [6.45, 7) is 5.61. The molecule has 100 valence electrons. The van der Waals surface area contributed by atoms with Crippen molar-refractivity contribution in [1.82, 2.24) is 5.32 Å². The molecule has 0 atom stereocenters.